The maximum atomic E-state index is 11.3. The number of halogens is 1. The predicted molar refractivity (Wildman–Crippen MR) is 53.3 cm³/mol. The van der Waals surface area contributed by atoms with Crippen LogP contribution in [0.3, 0.4) is 0 Å². The topological polar surface area (TPSA) is 30.0 Å². The first-order valence-corrected chi connectivity index (χ1v) is 4.85. The normalized spacial score (nSPS) is 10.0. The van der Waals surface area contributed by atoms with Crippen molar-refractivity contribution in [3.63, 3.8) is 0 Å². The predicted octanol–water partition coefficient (Wildman–Crippen LogP) is 2.46. The van der Waals surface area contributed by atoms with Gasteiger partial charge in [0.25, 0.3) is 0 Å². The molecule has 0 saturated heterocycles. The average molecular weight is 198 g/mol. The van der Waals surface area contributed by atoms with E-state index in [1.165, 1.54) is 0 Å². The van der Waals surface area contributed by atoms with Crippen LogP contribution in [0.5, 0.6) is 0 Å². The lowest BCUT2D eigenvalue weighted by Gasteiger charge is -2.04. The highest BCUT2D eigenvalue weighted by molar-refractivity contribution is 6.30. The molecule has 1 aromatic rings. The summed E-state index contributed by atoms with van der Waals surface area (Å²) in [7, 11) is 0. The summed E-state index contributed by atoms with van der Waals surface area (Å²) in [6.45, 7) is 2.08. The molecule has 0 atom stereocenters. The Morgan fingerprint density at radius 2 is 2.38 bits per heavy atom. The van der Waals surface area contributed by atoms with Gasteiger partial charge < -0.3 is 0 Å². The molecule has 0 aliphatic heterocycles. The number of ketones is 1. The standard InChI is InChI=1S/C10H12ClNO/c1-2-3-8-4-5-12-7-9(8)10(13)6-11/h4-5,7H,2-3,6H2,1H3. The van der Waals surface area contributed by atoms with E-state index in [-0.39, 0.29) is 11.7 Å². The molecule has 0 spiro atoms. The number of rotatable bonds is 4. The van der Waals surface area contributed by atoms with Gasteiger partial charge >= 0.3 is 0 Å². The molecule has 3 heteroatoms. The van der Waals surface area contributed by atoms with Crippen molar-refractivity contribution in [1.82, 2.24) is 4.98 Å². The van der Waals surface area contributed by atoms with E-state index in [0.29, 0.717) is 5.56 Å². The van der Waals surface area contributed by atoms with E-state index in [2.05, 4.69) is 11.9 Å². The molecule has 1 heterocycles. The van der Waals surface area contributed by atoms with Crippen molar-refractivity contribution in [2.24, 2.45) is 0 Å². The summed E-state index contributed by atoms with van der Waals surface area (Å²) < 4.78 is 0. The zero-order valence-corrected chi connectivity index (χ0v) is 8.34. The Balaban J connectivity index is 2.97. The van der Waals surface area contributed by atoms with Crippen molar-refractivity contribution in [2.45, 2.75) is 19.8 Å². The van der Waals surface area contributed by atoms with Gasteiger partial charge in [0, 0.05) is 18.0 Å². The van der Waals surface area contributed by atoms with Gasteiger partial charge in [-0.25, -0.2) is 0 Å². The molecule has 0 aliphatic rings. The Morgan fingerprint density at radius 1 is 1.62 bits per heavy atom. The van der Waals surface area contributed by atoms with Crippen molar-refractivity contribution >= 4 is 17.4 Å². The third-order valence-electron chi connectivity index (χ3n) is 1.85. The van der Waals surface area contributed by atoms with Crippen LogP contribution in [0.15, 0.2) is 18.5 Å². The smallest absolute Gasteiger partial charge is 0.179 e. The highest BCUT2D eigenvalue weighted by Crippen LogP contribution is 2.10. The van der Waals surface area contributed by atoms with Gasteiger partial charge in [-0.15, -0.1) is 11.6 Å². The minimum absolute atomic E-state index is 0.0302. The van der Waals surface area contributed by atoms with Crippen LogP contribution >= 0.6 is 11.6 Å². The minimum atomic E-state index is -0.0433. The zero-order chi connectivity index (χ0) is 9.68. The molecule has 0 bridgehead atoms. The molecule has 0 saturated carbocycles. The number of Topliss-reactive ketones (excluding diaryl/α,β-unsaturated/α-hetero) is 1. The summed E-state index contributed by atoms with van der Waals surface area (Å²) >= 11 is 5.48. The summed E-state index contributed by atoms with van der Waals surface area (Å²) in [5.74, 6) is -0.0132. The molecule has 1 rings (SSSR count). The Morgan fingerprint density at radius 3 is 3.00 bits per heavy atom. The van der Waals surface area contributed by atoms with Crippen molar-refractivity contribution in [1.29, 1.82) is 0 Å². The summed E-state index contributed by atoms with van der Waals surface area (Å²) in [5, 5.41) is 0. The molecule has 0 radical (unpaired) electrons. The van der Waals surface area contributed by atoms with Gasteiger partial charge in [0.1, 0.15) is 0 Å². The summed E-state index contributed by atoms with van der Waals surface area (Å²) in [4.78, 5) is 15.3. The van der Waals surface area contributed by atoms with Crippen LogP contribution in [0.2, 0.25) is 0 Å². The van der Waals surface area contributed by atoms with Crippen LogP contribution in [0.1, 0.15) is 29.3 Å². The number of carbonyl (C=O) groups is 1. The molecule has 0 aliphatic carbocycles. The monoisotopic (exact) mass is 197 g/mol. The van der Waals surface area contributed by atoms with Gasteiger partial charge in [-0.2, -0.15) is 0 Å². The Hall–Kier alpha value is -0.890. The highest BCUT2D eigenvalue weighted by atomic mass is 35.5. The minimum Gasteiger partial charge on any atom is -0.293 e. The Labute approximate surface area is 82.9 Å². The van der Waals surface area contributed by atoms with E-state index in [4.69, 9.17) is 11.6 Å². The molecule has 0 unspecified atom stereocenters. The maximum Gasteiger partial charge on any atom is 0.179 e. The van der Waals surface area contributed by atoms with E-state index in [1.807, 2.05) is 6.07 Å². The van der Waals surface area contributed by atoms with E-state index < -0.39 is 0 Å². The largest absolute Gasteiger partial charge is 0.293 e. The second-order valence-corrected chi connectivity index (χ2v) is 3.11. The Kier molecular flexibility index (Phi) is 3.90. The number of nitrogens with zero attached hydrogens (tertiary/aromatic N) is 1. The summed E-state index contributed by atoms with van der Waals surface area (Å²) in [6, 6.07) is 1.88. The van der Waals surface area contributed by atoms with Gasteiger partial charge in [0.05, 0.1) is 5.88 Å². The van der Waals surface area contributed by atoms with Crippen LogP contribution in [0.25, 0.3) is 0 Å². The quantitative estimate of drug-likeness (QED) is 0.548. The second kappa shape index (κ2) is 4.97. The van der Waals surface area contributed by atoms with Gasteiger partial charge in [0.2, 0.25) is 0 Å². The fourth-order valence-corrected chi connectivity index (χ4v) is 1.38. The molecule has 0 fully saturated rings. The van der Waals surface area contributed by atoms with Crippen molar-refractivity contribution in [2.75, 3.05) is 5.88 Å². The van der Waals surface area contributed by atoms with Gasteiger partial charge in [-0.05, 0) is 18.1 Å². The first-order chi connectivity index (χ1) is 6.29. The van der Waals surface area contributed by atoms with Crippen LogP contribution in [0, 0.1) is 0 Å². The molecule has 70 valence electrons. The molecule has 0 N–H and O–H groups in total. The van der Waals surface area contributed by atoms with E-state index in [9.17, 15) is 4.79 Å². The fraction of sp³-hybridized carbons (Fsp3) is 0.400. The van der Waals surface area contributed by atoms with Crippen molar-refractivity contribution < 1.29 is 4.79 Å². The Bertz CT molecular complexity index is 299. The molecule has 0 amide bonds. The van der Waals surface area contributed by atoms with Crippen LogP contribution in [-0.4, -0.2) is 16.6 Å². The van der Waals surface area contributed by atoms with E-state index >= 15 is 0 Å². The first kappa shape index (κ1) is 10.2. The lowest BCUT2D eigenvalue weighted by Crippen LogP contribution is -2.05. The summed E-state index contributed by atoms with van der Waals surface area (Å²) in [5.41, 5.74) is 1.71. The number of alkyl halides is 1. The second-order valence-electron chi connectivity index (χ2n) is 2.84. The number of pyridine rings is 1. The number of aromatic nitrogens is 1. The SMILES string of the molecule is CCCc1ccncc1C(=O)CCl. The summed E-state index contributed by atoms with van der Waals surface area (Å²) in [6.07, 6.45) is 5.22. The number of hydrogen-bond donors (Lipinski definition) is 0. The van der Waals surface area contributed by atoms with Crippen molar-refractivity contribution in [3.05, 3.63) is 29.6 Å². The number of aryl methyl sites for hydroxylation is 1. The fourth-order valence-electron chi connectivity index (χ4n) is 1.23. The lowest BCUT2D eigenvalue weighted by molar-refractivity contribution is 0.102. The third-order valence-corrected chi connectivity index (χ3v) is 2.10. The van der Waals surface area contributed by atoms with Crippen LogP contribution in [-0.2, 0) is 6.42 Å². The average Bonchev–Trinajstić information content (AvgIpc) is 2.18. The number of carbonyl (C=O) groups excluding carboxylic acids is 1. The first-order valence-electron chi connectivity index (χ1n) is 4.31. The van der Waals surface area contributed by atoms with Crippen LogP contribution in [0.4, 0.5) is 0 Å². The van der Waals surface area contributed by atoms with E-state index in [0.717, 1.165) is 18.4 Å². The van der Waals surface area contributed by atoms with Gasteiger partial charge in [-0.3, -0.25) is 9.78 Å². The zero-order valence-electron chi connectivity index (χ0n) is 7.59. The molecule has 0 aromatic carbocycles. The molecular weight excluding hydrogens is 186 g/mol. The van der Waals surface area contributed by atoms with E-state index in [1.54, 1.807) is 12.4 Å². The van der Waals surface area contributed by atoms with Crippen LogP contribution < -0.4 is 0 Å². The van der Waals surface area contributed by atoms with Gasteiger partial charge in [-0.1, -0.05) is 13.3 Å². The molecule has 1 aromatic heterocycles. The van der Waals surface area contributed by atoms with Crippen molar-refractivity contribution in [3.8, 4) is 0 Å². The molecular formula is C10H12ClNO. The maximum absolute atomic E-state index is 11.3. The lowest BCUT2D eigenvalue weighted by atomic mass is 10.0. The van der Waals surface area contributed by atoms with Gasteiger partial charge in [0.15, 0.2) is 5.78 Å². The highest BCUT2D eigenvalue weighted by Gasteiger charge is 2.08. The third kappa shape index (κ3) is 2.52. The number of hydrogen-bond acceptors (Lipinski definition) is 2. The molecule has 2 nitrogen and oxygen atoms in total. The molecule has 13 heavy (non-hydrogen) atoms.